The molecule has 1 aliphatic rings. The molecule has 0 atom stereocenters. The summed E-state index contributed by atoms with van der Waals surface area (Å²) in [4.78, 5) is 8.96. The molecule has 1 aliphatic carbocycles. The SMILES string of the molecule is Fc1cccc(COc2ccc(Nc3ncnc4ccc(-c5occc5CNCC5CCCCC5)cc34)cc2Cl)c1. The summed E-state index contributed by atoms with van der Waals surface area (Å²) in [6.45, 7) is 2.03. The zero-order valence-electron chi connectivity index (χ0n) is 22.7. The largest absolute Gasteiger partial charge is 0.487 e. The van der Waals surface area contributed by atoms with Gasteiger partial charge < -0.3 is 19.8 Å². The van der Waals surface area contributed by atoms with E-state index in [9.17, 15) is 4.39 Å². The molecular weight excluding hydrogens is 539 g/mol. The maximum Gasteiger partial charge on any atom is 0.141 e. The van der Waals surface area contributed by atoms with Gasteiger partial charge in [-0.05, 0) is 85.5 Å². The van der Waals surface area contributed by atoms with Crippen LogP contribution in [0.15, 0.2) is 83.7 Å². The van der Waals surface area contributed by atoms with Gasteiger partial charge in [-0.1, -0.05) is 43.0 Å². The van der Waals surface area contributed by atoms with Gasteiger partial charge in [-0.15, -0.1) is 0 Å². The Balaban J connectivity index is 1.17. The molecule has 8 heteroatoms. The van der Waals surface area contributed by atoms with Gasteiger partial charge in [-0.3, -0.25) is 0 Å². The Bertz CT molecular complexity index is 1630. The molecule has 1 saturated carbocycles. The van der Waals surface area contributed by atoms with Crippen molar-refractivity contribution < 1.29 is 13.5 Å². The molecule has 1 fully saturated rings. The molecule has 0 unspecified atom stereocenters. The lowest BCUT2D eigenvalue weighted by Crippen LogP contribution is -2.24. The predicted molar refractivity (Wildman–Crippen MR) is 161 cm³/mol. The highest BCUT2D eigenvalue weighted by Crippen LogP contribution is 2.33. The quantitative estimate of drug-likeness (QED) is 0.175. The monoisotopic (exact) mass is 570 g/mol. The first-order chi connectivity index (χ1) is 20.1. The van der Waals surface area contributed by atoms with Crippen LogP contribution in [0, 0.1) is 11.7 Å². The third kappa shape index (κ3) is 6.69. The fraction of sp³-hybridized carbons (Fsp3) is 0.273. The number of hydrogen-bond donors (Lipinski definition) is 2. The minimum atomic E-state index is -0.299. The molecular formula is C33H32ClFN4O2. The molecule has 6 nitrogen and oxygen atoms in total. The molecule has 2 aromatic heterocycles. The van der Waals surface area contributed by atoms with Crippen LogP contribution >= 0.6 is 11.6 Å². The van der Waals surface area contributed by atoms with Crippen LogP contribution in [0.3, 0.4) is 0 Å². The Morgan fingerprint density at radius 2 is 1.88 bits per heavy atom. The number of aromatic nitrogens is 2. The topological polar surface area (TPSA) is 72.2 Å². The lowest BCUT2D eigenvalue weighted by atomic mass is 9.89. The van der Waals surface area contributed by atoms with E-state index in [0.29, 0.717) is 16.6 Å². The Hall–Kier alpha value is -3.94. The van der Waals surface area contributed by atoms with Crippen molar-refractivity contribution in [3.8, 4) is 17.1 Å². The number of ether oxygens (including phenoxy) is 1. The second-order valence-corrected chi connectivity index (χ2v) is 11.0. The van der Waals surface area contributed by atoms with Crippen molar-refractivity contribution in [2.24, 2.45) is 5.92 Å². The normalized spacial score (nSPS) is 13.9. The van der Waals surface area contributed by atoms with Crippen molar-refractivity contribution in [1.82, 2.24) is 15.3 Å². The standard InChI is InChI=1S/C33H32ClFN4O2/c34-29-17-27(10-12-31(29)41-20-23-7-4-8-26(35)15-23)39-33-28-16-24(9-11-30(28)37-21-38-33)32-25(13-14-40-32)19-36-18-22-5-2-1-3-6-22/h4,7-17,21-22,36H,1-3,5-6,18-20H2,(H,37,38,39). The molecule has 6 rings (SSSR count). The van der Waals surface area contributed by atoms with Crippen LogP contribution in [0.5, 0.6) is 5.75 Å². The van der Waals surface area contributed by atoms with Crippen molar-refractivity contribution in [3.63, 3.8) is 0 Å². The third-order valence-electron chi connectivity index (χ3n) is 7.60. The molecule has 2 N–H and O–H groups in total. The third-order valence-corrected chi connectivity index (χ3v) is 7.89. The molecule has 0 aliphatic heterocycles. The number of furan rings is 1. The predicted octanol–water partition coefficient (Wildman–Crippen LogP) is 8.67. The smallest absolute Gasteiger partial charge is 0.141 e. The summed E-state index contributed by atoms with van der Waals surface area (Å²) in [7, 11) is 0. The summed E-state index contributed by atoms with van der Waals surface area (Å²) in [6, 6.07) is 19.8. The Labute approximate surface area is 243 Å². The maximum absolute atomic E-state index is 13.5. The first kappa shape index (κ1) is 27.2. The molecule has 2 heterocycles. The molecule has 0 spiro atoms. The zero-order valence-corrected chi connectivity index (χ0v) is 23.5. The molecule has 5 aromatic rings. The van der Waals surface area contributed by atoms with Crippen LogP contribution in [0.4, 0.5) is 15.9 Å². The van der Waals surface area contributed by atoms with Crippen molar-refractivity contribution in [1.29, 1.82) is 0 Å². The second kappa shape index (κ2) is 12.7. The van der Waals surface area contributed by atoms with E-state index in [0.717, 1.165) is 58.0 Å². The lowest BCUT2D eigenvalue weighted by molar-refractivity contribution is 0.306. The van der Waals surface area contributed by atoms with Gasteiger partial charge in [0, 0.05) is 28.7 Å². The number of fused-ring (bicyclic) bond motifs is 1. The van der Waals surface area contributed by atoms with Gasteiger partial charge >= 0.3 is 0 Å². The Kier molecular flexibility index (Phi) is 8.44. The van der Waals surface area contributed by atoms with Crippen molar-refractivity contribution in [2.45, 2.75) is 45.3 Å². The number of nitrogens with zero attached hydrogens (tertiary/aromatic N) is 2. The first-order valence-electron chi connectivity index (χ1n) is 14.1. The second-order valence-electron chi connectivity index (χ2n) is 10.6. The molecule has 0 saturated heterocycles. The molecule has 210 valence electrons. The zero-order chi connectivity index (χ0) is 28.0. The highest BCUT2D eigenvalue weighted by molar-refractivity contribution is 6.32. The number of halogens is 2. The van der Waals surface area contributed by atoms with E-state index in [1.807, 2.05) is 24.3 Å². The first-order valence-corrected chi connectivity index (χ1v) is 14.5. The summed E-state index contributed by atoms with van der Waals surface area (Å²) < 4.78 is 25.2. The van der Waals surface area contributed by atoms with Gasteiger partial charge in [0.15, 0.2) is 0 Å². The lowest BCUT2D eigenvalue weighted by Gasteiger charge is -2.21. The summed E-state index contributed by atoms with van der Waals surface area (Å²) in [5.74, 6) is 2.49. The average molecular weight is 571 g/mol. The van der Waals surface area contributed by atoms with Crippen molar-refractivity contribution >= 4 is 34.0 Å². The number of hydrogen-bond acceptors (Lipinski definition) is 6. The van der Waals surface area contributed by atoms with Gasteiger partial charge in [0.25, 0.3) is 0 Å². The Morgan fingerprint density at radius 1 is 0.976 bits per heavy atom. The molecule has 0 bridgehead atoms. The van der Waals surface area contributed by atoms with E-state index in [2.05, 4.69) is 26.7 Å². The fourth-order valence-electron chi connectivity index (χ4n) is 5.45. The van der Waals surface area contributed by atoms with E-state index >= 15 is 0 Å². The molecule has 41 heavy (non-hydrogen) atoms. The minimum Gasteiger partial charge on any atom is -0.487 e. The number of nitrogens with one attached hydrogen (secondary N) is 2. The molecule has 0 amide bonds. The number of benzene rings is 3. The average Bonchev–Trinajstić information content (AvgIpc) is 3.46. The van der Waals surface area contributed by atoms with Gasteiger partial charge in [-0.25, -0.2) is 14.4 Å². The van der Waals surface area contributed by atoms with Gasteiger partial charge in [0.1, 0.15) is 36.1 Å². The van der Waals surface area contributed by atoms with Crippen LogP contribution in [-0.2, 0) is 13.2 Å². The van der Waals surface area contributed by atoms with Crippen LogP contribution < -0.4 is 15.4 Å². The van der Waals surface area contributed by atoms with Crippen LogP contribution in [0.1, 0.15) is 43.2 Å². The fourth-order valence-corrected chi connectivity index (χ4v) is 5.68. The van der Waals surface area contributed by atoms with Crippen LogP contribution in [0.25, 0.3) is 22.2 Å². The van der Waals surface area contributed by atoms with Crippen molar-refractivity contribution in [3.05, 3.63) is 101 Å². The summed E-state index contributed by atoms with van der Waals surface area (Å²) in [5, 5.41) is 8.32. The van der Waals surface area contributed by atoms with Gasteiger partial charge in [0.2, 0.25) is 0 Å². The molecule has 3 aromatic carbocycles. The molecule has 0 radical (unpaired) electrons. The highest BCUT2D eigenvalue weighted by atomic mass is 35.5. The van der Waals surface area contributed by atoms with Crippen LogP contribution in [-0.4, -0.2) is 16.5 Å². The van der Waals surface area contributed by atoms with E-state index < -0.39 is 0 Å². The summed E-state index contributed by atoms with van der Waals surface area (Å²) >= 11 is 6.52. The number of anilines is 2. The van der Waals surface area contributed by atoms with Gasteiger partial charge in [-0.2, -0.15) is 0 Å². The maximum atomic E-state index is 13.5. The minimum absolute atomic E-state index is 0.217. The van der Waals surface area contributed by atoms with Crippen molar-refractivity contribution in [2.75, 3.05) is 11.9 Å². The highest BCUT2D eigenvalue weighted by Gasteiger charge is 2.15. The van der Waals surface area contributed by atoms with Crippen LogP contribution in [0.2, 0.25) is 5.02 Å². The summed E-state index contributed by atoms with van der Waals surface area (Å²) in [5.41, 5.74) is 4.40. The number of rotatable bonds is 10. The van der Waals surface area contributed by atoms with Gasteiger partial charge in [0.05, 0.1) is 16.8 Å². The Morgan fingerprint density at radius 3 is 2.73 bits per heavy atom. The van der Waals surface area contributed by atoms with E-state index in [4.69, 9.17) is 20.8 Å². The van der Waals surface area contributed by atoms with E-state index in [1.165, 1.54) is 50.6 Å². The summed E-state index contributed by atoms with van der Waals surface area (Å²) in [6.07, 6.45) is 9.99. The van der Waals surface area contributed by atoms with E-state index in [-0.39, 0.29) is 12.4 Å². The van der Waals surface area contributed by atoms with E-state index in [1.54, 1.807) is 30.5 Å².